The first-order valence-electron chi connectivity index (χ1n) is 8.62. The van der Waals surface area contributed by atoms with Crippen LogP contribution in [0.3, 0.4) is 0 Å². The second-order valence-corrected chi connectivity index (χ2v) is 6.60. The molecule has 0 spiro atoms. The van der Waals surface area contributed by atoms with Gasteiger partial charge in [0.15, 0.2) is 0 Å². The molecule has 4 rings (SSSR count). The highest BCUT2D eigenvalue weighted by atomic mass is 16.2. The molecular weight excluding hydrogens is 286 g/mol. The van der Waals surface area contributed by atoms with Crippen LogP contribution in [0.15, 0.2) is 36.5 Å². The number of rotatable bonds is 2. The summed E-state index contributed by atoms with van der Waals surface area (Å²) in [7, 11) is 0. The van der Waals surface area contributed by atoms with E-state index in [-0.39, 0.29) is 6.03 Å². The highest BCUT2D eigenvalue weighted by molar-refractivity contribution is 5.93. The van der Waals surface area contributed by atoms with Gasteiger partial charge in [0.05, 0.1) is 0 Å². The maximum atomic E-state index is 12.3. The molecule has 1 aromatic carbocycles. The number of nitrogens with zero attached hydrogens (tertiary/aromatic N) is 1. The molecule has 2 amide bonds. The molecule has 4 heteroatoms. The molecule has 0 radical (unpaired) electrons. The van der Waals surface area contributed by atoms with E-state index in [1.54, 1.807) is 0 Å². The SMILES string of the molecule is O=C(NC1CCCC1)N1CC=C(c2c[nH]c3ccccc23)CC1. The third kappa shape index (κ3) is 2.85. The van der Waals surface area contributed by atoms with Crippen LogP contribution in [0, 0.1) is 0 Å². The molecule has 2 aliphatic rings. The van der Waals surface area contributed by atoms with Crippen LogP contribution in [0.25, 0.3) is 16.5 Å². The Balaban J connectivity index is 1.45. The molecule has 0 bridgehead atoms. The van der Waals surface area contributed by atoms with Crippen LogP contribution < -0.4 is 5.32 Å². The van der Waals surface area contributed by atoms with E-state index in [0.717, 1.165) is 25.8 Å². The molecule has 23 heavy (non-hydrogen) atoms. The number of aromatic nitrogens is 1. The highest BCUT2D eigenvalue weighted by Crippen LogP contribution is 2.29. The number of H-pyrrole nitrogens is 1. The third-order valence-electron chi connectivity index (χ3n) is 5.11. The molecule has 4 nitrogen and oxygen atoms in total. The molecule has 1 saturated carbocycles. The van der Waals surface area contributed by atoms with Crippen molar-refractivity contribution in [2.75, 3.05) is 13.1 Å². The minimum Gasteiger partial charge on any atom is -0.361 e. The van der Waals surface area contributed by atoms with Crippen molar-refractivity contribution in [3.63, 3.8) is 0 Å². The zero-order valence-electron chi connectivity index (χ0n) is 13.3. The number of nitrogens with one attached hydrogen (secondary N) is 2. The fourth-order valence-corrected chi connectivity index (χ4v) is 3.77. The van der Waals surface area contributed by atoms with Crippen LogP contribution in [-0.4, -0.2) is 35.0 Å². The van der Waals surface area contributed by atoms with Crippen molar-refractivity contribution in [2.45, 2.75) is 38.1 Å². The maximum Gasteiger partial charge on any atom is 0.317 e. The second kappa shape index (κ2) is 6.11. The maximum absolute atomic E-state index is 12.3. The van der Waals surface area contributed by atoms with E-state index in [1.165, 1.54) is 34.9 Å². The number of hydrogen-bond donors (Lipinski definition) is 2. The number of carbonyl (C=O) groups is 1. The van der Waals surface area contributed by atoms with Gasteiger partial charge in [-0.3, -0.25) is 0 Å². The van der Waals surface area contributed by atoms with Crippen molar-refractivity contribution in [3.8, 4) is 0 Å². The molecule has 2 N–H and O–H groups in total. The van der Waals surface area contributed by atoms with Crippen LogP contribution in [0.1, 0.15) is 37.7 Å². The lowest BCUT2D eigenvalue weighted by molar-refractivity contribution is 0.199. The van der Waals surface area contributed by atoms with Crippen LogP contribution in [0.4, 0.5) is 4.79 Å². The lowest BCUT2D eigenvalue weighted by Gasteiger charge is -2.28. The molecule has 0 unspecified atom stereocenters. The van der Waals surface area contributed by atoms with Crippen molar-refractivity contribution >= 4 is 22.5 Å². The van der Waals surface area contributed by atoms with Crippen molar-refractivity contribution in [2.24, 2.45) is 0 Å². The first kappa shape index (κ1) is 14.4. The number of amides is 2. The number of benzene rings is 1. The van der Waals surface area contributed by atoms with Gasteiger partial charge in [0.2, 0.25) is 0 Å². The largest absolute Gasteiger partial charge is 0.361 e. The van der Waals surface area contributed by atoms with Gasteiger partial charge >= 0.3 is 6.03 Å². The van der Waals surface area contributed by atoms with E-state index < -0.39 is 0 Å². The first-order valence-corrected chi connectivity index (χ1v) is 8.62. The van der Waals surface area contributed by atoms with Crippen LogP contribution in [-0.2, 0) is 0 Å². The minimum atomic E-state index is 0.103. The second-order valence-electron chi connectivity index (χ2n) is 6.60. The van der Waals surface area contributed by atoms with E-state index in [2.05, 4.69) is 40.8 Å². The predicted molar refractivity (Wildman–Crippen MR) is 93.3 cm³/mol. The number of fused-ring (bicyclic) bond motifs is 1. The summed E-state index contributed by atoms with van der Waals surface area (Å²) in [6.07, 6.45) is 9.97. The number of aromatic amines is 1. The molecule has 120 valence electrons. The average Bonchev–Trinajstić information content (AvgIpc) is 3.24. The summed E-state index contributed by atoms with van der Waals surface area (Å²) in [5, 5.41) is 4.45. The minimum absolute atomic E-state index is 0.103. The number of para-hydroxylation sites is 1. The van der Waals surface area contributed by atoms with Crippen LogP contribution in [0.5, 0.6) is 0 Å². The normalized spacial score (nSPS) is 19.1. The summed E-state index contributed by atoms with van der Waals surface area (Å²) in [5.41, 5.74) is 3.79. The molecular formula is C19H23N3O. The van der Waals surface area contributed by atoms with Gasteiger partial charge in [-0.1, -0.05) is 37.1 Å². The zero-order valence-corrected chi connectivity index (χ0v) is 13.3. The van der Waals surface area contributed by atoms with Crippen LogP contribution in [0.2, 0.25) is 0 Å². The Hall–Kier alpha value is -2.23. The van der Waals surface area contributed by atoms with E-state index >= 15 is 0 Å². The van der Waals surface area contributed by atoms with Gasteiger partial charge in [-0.05, 0) is 30.9 Å². The topological polar surface area (TPSA) is 48.1 Å². The molecule has 1 aromatic heterocycles. The van der Waals surface area contributed by atoms with Crippen LogP contribution >= 0.6 is 0 Å². The van der Waals surface area contributed by atoms with Gasteiger partial charge in [0.1, 0.15) is 0 Å². The smallest absolute Gasteiger partial charge is 0.317 e. The summed E-state index contributed by atoms with van der Waals surface area (Å²) in [6, 6.07) is 8.87. The summed E-state index contributed by atoms with van der Waals surface area (Å²) >= 11 is 0. The molecule has 2 heterocycles. The zero-order chi connectivity index (χ0) is 15.6. The molecule has 1 aliphatic heterocycles. The lowest BCUT2D eigenvalue weighted by Crippen LogP contribution is -2.45. The number of urea groups is 1. The first-order chi connectivity index (χ1) is 11.3. The average molecular weight is 309 g/mol. The Labute approximate surface area is 136 Å². The molecule has 1 fully saturated rings. The third-order valence-corrected chi connectivity index (χ3v) is 5.11. The Bertz CT molecular complexity index is 740. The fourth-order valence-electron chi connectivity index (χ4n) is 3.77. The molecule has 2 aromatic rings. The Morgan fingerprint density at radius 3 is 2.83 bits per heavy atom. The monoisotopic (exact) mass is 309 g/mol. The Kier molecular flexibility index (Phi) is 3.82. The van der Waals surface area contributed by atoms with Gasteiger partial charge in [-0.25, -0.2) is 4.79 Å². The summed E-state index contributed by atoms with van der Waals surface area (Å²) in [5.74, 6) is 0. The Morgan fingerprint density at radius 1 is 1.22 bits per heavy atom. The van der Waals surface area contributed by atoms with Crippen molar-refractivity contribution in [1.82, 2.24) is 15.2 Å². The van der Waals surface area contributed by atoms with E-state index in [9.17, 15) is 4.79 Å². The molecule has 0 atom stereocenters. The lowest BCUT2D eigenvalue weighted by atomic mass is 9.99. The van der Waals surface area contributed by atoms with E-state index in [4.69, 9.17) is 0 Å². The standard InChI is InChI=1S/C19H23N3O/c23-19(21-15-5-1-2-6-15)22-11-9-14(10-12-22)17-13-20-18-8-4-3-7-16(17)18/h3-4,7-9,13,15,20H,1-2,5-6,10-12H2,(H,21,23). The highest BCUT2D eigenvalue weighted by Gasteiger charge is 2.23. The van der Waals surface area contributed by atoms with Crippen molar-refractivity contribution in [3.05, 3.63) is 42.1 Å². The van der Waals surface area contributed by atoms with Crippen molar-refractivity contribution < 1.29 is 4.79 Å². The van der Waals surface area contributed by atoms with Gasteiger partial charge in [-0.15, -0.1) is 0 Å². The van der Waals surface area contributed by atoms with Gasteiger partial charge in [0.25, 0.3) is 0 Å². The van der Waals surface area contributed by atoms with Gasteiger partial charge < -0.3 is 15.2 Å². The summed E-state index contributed by atoms with van der Waals surface area (Å²) in [4.78, 5) is 17.6. The fraction of sp³-hybridized carbons (Fsp3) is 0.421. The quantitative estimate of drug-likeness (QED) is 0.868. The summed E-state index contributed by atoms with van der Waals surface area (Å²) < 4.78 is 0. The van der Waals surface area contributed by atoms with Gasteiger partial charge in [0, 0.05) is 41.8 Å². The molecule has 1 aliphatic carbocycles. The number of hydrogen-bond acceptors (Lipinski definition) is 1. The van der Waals surface area contributed by atoms with Crippen molar-refractivity contribution in [1.29, 1.82) is 0 Å². The van der Waals surface area contributed by atoms with E-state index in [0.29, 0.717) is 12.6 Å². The predicted octanol–water partition coefficient (Wildman–Crippen LogP) is 3.91. The Morgan fingerprint density at radius 2 is 2.04 bits per heavy atom. The van der Waals surface area contributed by atoms with E-state index in [1.807, 2.05) is 11.0 Å². The van der Waals surface area contributed by atoms with Gasteiger partial charge in [-0.2, -0.15) is 0 Å². The molecule has 0 saturated heterocycles. The summed E-state index contributed by atoms with van der Waals surface area (Å²) in [6.45, 7) is 1.50. The number of carbonyl (C=O) groups excluding carboxylic acids is 1.